The third-order valence-corrected chi connectivity index (χ3v) is 5.63. The van der Waals surface area contributed by atoms with Gasteiger partial charge in [-0.05, 0) is 61.6 Å². The Kier molecular flexibility index (Phi) is 7.33. The highest BCUT2D eigenvalue weighted by molar-refractivity contribution is 6.32. The van der Waals surface area contributed by atoms with Crippen LogP contribution in [0.5, 0.6) is 5.75 Å². The summed E-state index contributed by atoms with van der Waals surface area (Å²) in [5.74, 6) is -0.187. The van der Waals surface area contributed by atoms with E-state index in [1.165, 1.54) is 13.2 Å². The maximum Gasteiger partial charge on any atom is 0.416 e. The summed E-state index contributed by atoms with van der Waals surface area (Å²) < 4.78 is 44.8. The summed E-state index contributed by atoms with van der Waals surface area (Å²) in [7, 11) is 1.47. The zero-order valence-electron chi connectivity index (χ0n) is 16.9. The molecule has 3 rings (SSSR count). The summed E-state index contributed by atoms with van der Waals surface area (Å²) in [6, 6.07) is 8.06. The van der Waals surface area contributed by atoms with Crippen molar-refractivity contribution in [1.29, 1.82) is 0 Å². The van der Waals surface area contributed by atoms with E-state index in [1.807, 2.05) is 0 Å². The highest BCUT2D eigenvalue weighted by Gasteiger charge is 2.32. The third-order valence-electron chi connectivity index (χ3n) is 5.32. The molecule has 0 unspecified atom stereocenters. The molecule has 0 bridgehead atoms. The zero-order valence-corrected chi connectivity index (χ0v) is 17.7. The summed E-state index contributed by atoms with van der Waals surface area (Å²) in [6.45, 7) is 0.0949. The highest BCUT2D eigenvalue weighted by atomic mass is 35.5. The van der Waals surface area contributed by atoms with Gasteiger partial charge in [0.25, 0.3) is 5.91 Å². The van der Waals surface area contributed by atoms with Crippen LogP contribution in [0.15, 0.2) is 36.4 Å². The van der Waals surface area contributed by atoms with Crippen LogP contribution < -0.4 is 15.4 Å². The first-order valence-electron chi connectivity index (χ1n) is 9.94. The molecule has 168 valence electrons. The second-order valence-electron chi connectivity index (χ2n) is 7.56. The zero-order chi connectivity index (χ0) is 22.6. The number of aliphatic hydroxyl groups excluding tert-OH is 1. The number of methoxy groups -OCH3 is 1. The molecule has 1 saturated carbocycles. The van der Waals surface area contributed by atoms with Crippen LogP contribution >= 0.6 is 11.6 Å². The molecule has 0 saturated heterocycles. The minimum atomic E-state index is -4.56. The van der Waals surface area contributed by atoms with Crippen molar-refractivity contribution in [3.05, 3.63) is 58.1 Å². The van der Waals surface area contributed by atoms with Gasteiger partial charge in [-0.25, -0.2) is 0 Å². The van der Waals surface area contributed by atoms with Crippen molar-refractivity contribution in [3.63, 3.8) is 0 Å². The van der Waals surface area contributed by atoms with Crippen LogP contribution in [0.4, 0.5) is 18.9 Å². The van der Waals surface area contributed by atoms with Crippen molar-refractivity contribution in [3.8, 4) is 5.75 Å². The first-order valence-corrected chi connectivity index (χ1v) is 10.3. The van der Waals surface area contributed by atoms with Gasteiger partial charge in [0.15, 0.2) is 0 Å². The van der Waals surface area contributed by atoms with Gasteiger partial charge in [-0.1, -0.05) is 17.7 Å². The number of halogens is 4. The lowest BCUT2D eigenvalue weighted by Gasteiger charge is -2.28. The van der Waals surface area contributed by atoms with E-state index in [0.717, 1.165) is 12.1 Å². The highest BCUT2D eigenvalue weighted by Crippen LogP contribution is 2.33. The van der Waals surface area contributed by atoms with Crippen molar-refractivity contribution < 1.29 is 27.8 Å². The van der Waals surface area contributed by atoms with Gasteiger partial charge in [0.05, 0.1) is 29.4 Å². The Labute approximate surface area is 183 Å². The first-order chi connectivity index (χ1) is 14.7. The average molecular weight is 457 g/mol. The van der Waals surface area contributed by atoms with Crippen LogP contribution in [0.2, 0.25) is 5.02 Å². The van der Waals surface area contributed by atoms with Crippen LogP contribution in [0.1, 0.15) is 47.2 Å². The molecule has 2 aromatic rings. The standard InChI is InChI=1S/C22H24ClF3N2O3/c1-31-20-10-13(2-8-18(20)23)12-27-21(30)17-11-14(22(24,25)26)3-9-19(17)28-15-4-6-16(29)7-5-15/h2-3,8-11,15-16,28-29H,4-7,12H2,1H3,(H,27,30)/t15-,16+. The molecule has 2 aromatic carbocycles. The Morgan fingerprint density at radius 3 is 2.52 bits per heavy atom. The molecule has 1 amide bonds. The Hall–Kier alpha value is -2.45. The first kappa shape index (κ1) is 23.2. The van der Waals surface area contributed by atoms with Crippen LogP contribution in [0.25, 0.3) is 0 Å². The van der Waals surface area contributed by atoms with E-state index in [4.69, 9.17) is 16.3 Å². The second kappa shape index (κ2) is 9.78. The van der Waals surface area contributed by atoms with Crippen molar-refractivity contribution in [2.45, 2.75) is 50.6 Å². The minimum Gasteiger partial charge on any atom is -0.495 e. The summed E-state index contributed by atoms with van der Waals surface area (Å²) >= 11 is 5.99. The van der Waals surface area contributed by atoms with E-state index in [-0.39, 0.29) is 24.3 Å². The summed E-state index contributed by atoms with van der Waals surface area (Å²) in [4.78, 5) is 12.8. The topological polar surface area (TPSA) is 70.6 Å². The normalized spacial score (nSPS) is 19.0. The number of carbonyl (C=O) groups excluding carboxylic acids is 1. The molecule has 0 atom stereocenters. The fraction of sp³-hybridized carbons (Fsp3) is 0.409. The number of hydrogen-bond donors (Lipinski definition) is 3. The molecule has 3 N–H and O–H groups in total. The van der Waals surface area contributed by atoms with Crippen LogP contribution in [0.3, 0.4) is 0 Å². The van der Waals surface area contributed by atoms with E-state index >= 15 is 0 Å². The van der Waals surface area contributed by atoms with E-state index in [9.17, 15) is 23.1 Å². The molecule has 0 aromatic heterocycles. The van der Waals surface area contributed by atoms with Gasteiger partial charge in [-0.3, -0.25) is 4.79 Å². The summed E-state index contributed by atoms with van der Waals surface area (Å²) in [5.41, 5.74) is 0.0511. The number of nitrogens with one attached hydrogen (secondary N) is 2. The molecule has 9 heteroatoms. The van der Waals surface area contributed by atoms with Crippen molar-refractivity contribution >= 4 is 23.2 Å². The van der Waals surface area contributed by atoms with Crippen LogP contribution in [-0.2, 0) is 12.7 Å². The molecule has 1 aliphatic carbocycles. The number of alkyl halides is 3. The van der Waals surface area contributed by atoms with Gasteiger partial charge < -0.3 is 20.5 Å². The van der Waals surface area contributed by atoms with E-state index < -0.39 is 17.6 Å². The number of anilines is 1. The van der Waals surface area contributed by atoms with E-state index in [2.05, 4.69) is 10.6 Å². The Balaban J connectivity index is 1.79. The monoisotopic (exact) mass is 456 g/mol. The molecule has 0 radical (unpaired) electrons. The Bertz CT molecular complexity index is 929. The molecule has 0 spiro atoms. The predicted octanol–water partition coefficient (Wildman–Crippen LogP) is 5.01. The van der Waals surface area contributed by atoms with Gasteiger partial charge in [-0.2, -0.15) is 13.2 Å². The number of rotatable bonds is 6. The second-order valence-corrected chi connectivity index (χ2v) is 7.97. The lowest BCUT2D eigenvalue weighted by atomic mass is 9.92. The minimum absolute atomic E-state index is 0.0211. The van der Waals surface area contributed by atoms with Crippen LogP contribution in [-0.4, -0.2) is 30.3 Å². The lowest BCUT2D eigenvalue weighted by Crippen LogP contribution is -2.30. The number of ether oxygens (including phenoxy) is 1. The van der Waals surface area contributed by atoms with Crippen LogP contribution in [0, 0.1) is 0 Å². The number of amides is 1. The predicted molar refractivity (Wildman–Crippen MR) is 113 cm³/mol. The molecule has 0 heterocycles. The fourth-order valence-corrected chi connectivity index (χ4v) is 3.76. The van der Waals surface area contributed by atoms with Crippen molar-refractivity contribution in [2.75, 3.05) is 12.4 Å². The molecule has 1 aliphatic rings. The number of aliphatic hydroxyl groups is 1. The number of carbonyl (C=O) groups is 1. The maximum atomic E-state index is 13.2. The van der Waals surface area contributed by atoms with Gasteiger partial charge in [0, 0.05) is 18.3 Å². The maximum absolute atomic E-state index is 13.2. The van der Waals surface area contributed by atoms with Gasteiger partial charge in [0.2, 0.25) is 0 Å². The summed E-state index contributed by atoms with van der Waals surface area (Å²) in [5, 5.41) is 15.9. The third kappa shape index (κ3) is 6.04. The smallest absolute Gasteiger partial charge is 0.416 e. The quantitative estimate of drug-likeness (QED) is 0.571. The molecule has 5 nitrogen and oxygen atoms in total. The van der Waals surface area contributed by atoms with E-state index in [1.54, 1.807) is 18.2 Å². The van der Waals surface area contributed by atoms with Gasteiger partial charge >= 0.3 is 6.18 Å². The molecular formula is C22H24ClF3N2O3. The molecule has 0 aliphatic heterocycles. The Morgan fingerprint density at radius 2 is 1.87 bits per heavy atom. The van der Waals surface area contributed by atoms with Gasteiger partial charge in [-0.15, -0.1) is 0 Å². The SMILES string of the molecule is COc1cc(CNC(=O)c2cc(C(F)(F)F)ccc2N[C@H]2CC[C@@H](O)CC2)ccc1Cl. The number of hydrogen-bond acceptors (Lipinski definition) is 4. The largest absolute Gasteiger partial charge is 0.495 e. The average Bonchev–Trinajstić information content (AvgIpc) is 2.74. The lowest BCUT2D eigenvalue weighted by molar-refractivity contribution is -0.137. The van der Waals surface area contributed by atoms with Gasteiger partial charge in [0.1, 0.15) is 5.75 Å². The fourth-order valence-electron chi connectivity index (χ4n) is 3.57. The molecular weight excluding hydrogens is 433 g/mol. The van der Waals surface area contributed by atoms with Crippen molar-refractivity contribution in [1.82, 2.24) is 5.32 Å². The molecule has 31 heavy (non-hydrogen) atoms. The van der Waals surface area contributed by atoms with E-state index in [0.29, 0.717) is 47.7 Å². The Morgan fingerprint density at radius 1 is 1.16 bits per heavy atom. The number of benzene rings is 2. The molecule has 1 fully saturated rings. The summed E-state index contributed by atoms with van der Waals surface area (Å²) in [6.07, 6.45) is -2.35. The van der Waals surface area contributed by atoms with Crippen molar-refractivity contribution in [2.24, 2.45) is 0 Å².